The quantitative estimate of drug-likeness (QED) is 0.0165. The highest BCUT2D eigenvalue weighted by Crippen LogP contribution is 2.48. The van der Waals surface area contributed by atoms with Crippen molar-refractivity contribution in [1.29, 1.82) is 0 Å². The molecule has 0 aromatic carbocycles. The van der Waals surface area contributed by atoms with Crippen LogP contribution < -0.4 is 27.0 Å². The number of ether oxygens (including phenoxy) is 4. The minimum absolute atomic E-state index is 0.00195. The van der Waals surface area contributed by atoms with E-state index >= 15 is 0 Å². The number of carbonyl (C=O) groups is 8. The number of nitrogens with zero attached hydrogens (tertiary/aromatic N) is 2. The van der Waals surface area contributed by atoms with E-state index in [9.17, 15) is 88.5 Å². The van der Waals surface area contributed by atoms with Gasteiger partial charge in [0, 0.05) is 104 Å². The minimum Gasteiger partial charge on any atom is -0.394 e. The third-order valence-electron chi connectivity index (χ3n) is 17.6. The Bertz CT molecular complexity index is 2580. The molecular formula is C62H111N7O27P2S. The van der Waals surface area contributed by atoms with Crippen LogP contribution in [0.1, 0.15) is 181 Å². The van der Waals surface area contributed by atoms with Crippen LogP contribution in [0.5, 0.6) is 0 Å². The summed E-state index contributed by atoms with van der Waals surface area (Å²) in [6.07, 6.45) is -1.90. The first-order chi connectivity index (χ1) is 47.1. The smallest absolute Gasteiger partial charge is 0.394 e. The molecule has 4 saturated heterocycles. The lowest BCUT2D eigenvalue weighted by atomic mass is 9.93. The van der Waals surface area contributed by atoms with Crippen molar-refractivity contribution in [3.05, 3.63) is 0 Å². The van der Waals surface area contributed by atoms with E-state index in [-0.39, 0.29) is 113 Å². The van der Waals surface area contributed by atoms with Crippen molar-refractivity contribution >= 4 is 73.4 Å². The maximum Gasteiger partial charge on any atom is 0.472 e. The van der Waals surface area contributed by atoms with Gasteiger partial charge in [-0.3, -0.25) is 47.4 Å². The summed E-state index contributed by atoms with van der Waals surface area (Å²) in [7, 11) is -4.78. The predicted octanol–water partition coefficient (Wildman–Crippen LogP) is 0.00280. The first-order valence-electron chi connectivity index (χ1n) is 34.7. The van der Waals surface area contributed by atoms with Crippen molar-refractivity contribution in [3.63, 3.8) is 0 Å². The number of nitrogens with one attached hydrogen (secondary N) is 4. The first-order valence-corrected chi connectivity index (χ1v) is 38.7. The van der Waals surface area contributed by atoms with Crippen LogP contribution in [0.25, 0.3) is 0 Å². The summed E-state index contributed by atoms with van der Waals surface area (Å²) in [5.41, 5.74) is 5.56. The van der Waals surface area contributed by atoms with Crippen LogP contribution in [0.4, 0.5) is 0 Å². The van der Waals surface area contributed by atoms with Crippen LogP contribution in [-0.4, -0.2) is 266 Å². The number of phosphoric ester groups is 1. The van der Waals surface area contributed by atoms with Crippen molar-refractivity contribution in [1.82, 2.24) is 31.1 Å². The van der Waals surface area contributed by atoms with Crippen molar-refractivity contribution in [2.24, 2.45) is 11.7 Å². The predicted molar refractivity (Wildman–Crippen MR) is 355 cm³/mol. The summed E-state index contributed by atoms with van der Waals surface area (Å²) < 4.78 is 55.6. The second-order valence-corrected chi connectivity index (χ2v) is 30.0. The standard InChI is InChI=1S/C62H111N7O27P2S/c1-40(72)66-54-58(82)56(80)49(36-70)93-61(54)89-29-17-12-22-46(75)31-42(19-11-16-27-64-51(77)23-13-18-30-90-62-55(67-41(2)73)59(83)57(81)50(37-71)94-62)60(84)65-28-15-6-8-21-45(74)20-7-3-4-9-24-52(78)68-34-47(76)32-43(68)38-91-97(86,87)95-48-33-44(39-92-98(88,99)96-85)69(35-48)53(79)25-10-5-14-26-63/h42-44,47-50,54-59,61-62,70-71,76,80-83,85H,3-39,63H2,1-2H3,(H,64,77)(H,65,84)(H,66,72)(H,67,73)(H,86,87)(H,88,99)/t42-,43?,44+,47-,48-,49?,50?,54+,55+,56+,57+,58-,59-,61?,62?,98?/m1/s1. The Kier molecular flexibility index (Phi) is 41.5. The van der Waals surface area contributed by atoms with Gasteiger partial charge in [0.15, 0.2) is 12.6 Å². The maximum absolute atomic E-state index is 13.6. The third kappa shape index (κ3) is 32.9. The van der Waals surface area contributed by atoms with E-state index in [2.05, 4.69) is 37.7 Å². The number of ketones is 2. The Morgan fingerprint density at radius 2 is 1.06 bits per heavy atom. The third-order valence-corrected chi connectivity index (χ3v) is 19.9. The number of hydrogen-bond donors (Lipinski definition) is 15. The largest absolute Gasteiger partial charge is 0.472 e. The van der Waals surface area contributed by atoms with Crippen LogP contribution in [0.2, 0.25) is 0 Å². The number of amides is 6. The van der Waals surface area contributed by atoms with E-state index in [0.717, 1.165) is 6.42 Å². The zero-order chi connectivity index (χ0) is 73.1. The second kappa shape index (κ2) is 46.9. The fraction of sp³-hybridized carbons (Fsp3) is 0.871. The average molecular weight is 1480 g/mol. The van der Waals surface area contributed by atoms with Gasteiger partial charge in [0.05, 0.1) is 50.7 Å². The van der Waals surface area contributed by atoms with Gasteiger partial charge in [-0.2, -0.15) is 4.67 Å². The summed E-state index contributed by atoms with van der Waals surface area (Å²) >= 11 is 4.69. The Balaban J connectivity index is 1.14. The molecule has 0 spiro atoms. The number of β-amino-alcohol motifs (C(OH)–C–C–N with tert-alkyl or cyclic N) is 1. The molecule has 16 N–H and O–H groups in total. The highest BCUT2D eigenvalue weighted by Gasteiger charge is 2.47. The number of carbonyl (C=O) groups excluding carboxylic acids is 8. The number of nitrogens with two attached hydrogens (primary N) is 1. The number of phosphoric acid groups is 1. The van der Waals surface area contributed by atoms with Gasteiger partial charge in [-0.05, 0) is 108 Å². The Hall–Kier alpha value is -3.72. The molecule has 4 aliphatic rings. The van der Waals surface area contributed by atoms with Crippen LogP contribution >= 0.6 is 14.5 Å². The fourth-order valence-corrected chi connectivity index (χ4v) is 13.8. The normalized spacial score (nSPS) is 27.0. The number of hydrogen-bond acceptors (Lipinski definition) is 27. The average Bonchev–Trinajstić information content (AvgIpc) is 1.43. The molecule has 0 bridgehead atoms. The molecule has 572 valence electrons. The SMILES string of the molecule is CC(=O)N[C@@H]1C(OCCCCC(=O)C[C@@H](CCCCNC(=O)CCCCOC2OC(CO)[C@H](O)[C@H](O)[C@@H]2NC(C)=O)C(=O)NCCCCCC(=O)CCCCCCC(=O)N2C[C@H](O)CC2COP(=O)(O)O[C@@H]2C[C@@H](COP(O)(=S)OO)N(C(=O)CCCCCN)C2)OC(CO)[C@H](O)[C@@H]1O. The molecule has 17 atom stereocenters. The van der Waals surface area contributed by atoms with E-state index in [4.69, 9.17) is 43.5 Å². The van der Waals surface area contributed by atoms with Crippen molar-refractivity contribution in [2.75, 3.05) is 72.4 Å². The van der Waals surface area contributed by atoms with Crippen molar-refractivity contribution in [3.8, 4) is 0 Å². The molecule has 37 heteroatoms. The second-order valence-electron chi connectivity index (χ2n) is 25.8. The Labute approximate surface area is 583 Å². The molecule has 4 fully saturated rings. The molecule has 0 aromatic heterocycles. The zero-order valence-corrected chi connectivity index (χ0v) is 59.6. The summed E-state index contributed by atoms with van der Waals surface area (Å²) in [4.78, 5) is 126. The molecule has 0 saturated carbocycles. The van der Waals surface area contributed by atoms with Gasteiger partial charge in [0.2, 0.25) is 35.4 Å². The highest BCUT2D eigenvalue weighted by atomic mass is 32.5. The summed E-state index contributed by atoms with van der Waals surface area (Å²) in [6, 6.07) is -3.68. The number of aliphatic hydroxyl groups excluding tert-OH is 7. The highest BCUT2D eigenvalue weighted by molar-refractivity contribution is 8.07. The van der Waals surface area contributed by atoms with E-state index in [0.29, 0.717) is 135 Å². The number of likely N-dealkylation sites (tertiary alicyclic amines) is 2. The molecule has 34 nitrogen and oxygen atoms in total. The summed E-state index contributed by atoms with van der Waals surface area (Å²) in [5, 5.41) is 90.9. The Morgan fingerprint density at radius 3 is 1.61 bits per heavy atom. The van der Waals surface area contributed by atoms with E-state index < -0.39 is 138 Å². The van der Waals surface area contributed by atoms with Gasteiger partial charge in [-0.15, -0.1) is 0 Å². The molecule has 6 amide bonds. The van der Waals surface area contributed by atoms with Crippen LogP contribution in [-0.2, 0) is 91.9 Å². The maximum atomic E-state index is 13.6. The monoisotopic (exact) mass is 1480 g/mol. The molecule has 4 rings (SSSR count). The molecular weight excluding hydrogens is 1370 g/mol. The number of unbranched alkanes of at least 4 members (excludes halogenated alkanes) is 10. The lowest BCUT2D eigenvalue weighted by molar-refractivity contribution is -0.270. The van der Waals surface area contributed by atoms with Crippen molar-refractivity contribution in [2.45, 2.75) is 266 Å². The molecule has 4 aliphatic heterocycles. The zero-order valence-electron chi connectivity index (χ0n) is 57.0. The van der Waals surface area contributed by atoms with Gasteiger partial charge in [-0.1, -0.05) is 32.1 Å². The fourth-order valence-electron chi connectivity index (χ4n) is 12.3. The molecule has 0 radical (unpaired) electrons. The lowest BCUT2D eigenvalue weighted by Crippen LogP contribution is -2.64. The molecule has 0 aromatic rings. The van der Waals surface area contributed by atoms with Gasteiger partial charge < -0.3 is 106 Å². The Morgan fingerprint density at radius 1 is 0.586 bits per heavy atom. The lowest BCUT2D eigenvalue weighted by Gasteiger charge is -2.42. The first kappa shape index (κ1) is 87.7. The number of rotatable bonds is 51. The van der Waals surface area contributed by atoms with E-state index in [1.807, 2.05) is 0 Å². The van der Waals surface area contributed by atoms with Gasteiger partial charge in [-0.25, -0.2) is 9.82 Å². The van der Waals surface area contributed by atoms with Crippen molar-refractivity contribution < 1.29 is 131 Å². The number of aliphatic hydroxyl groups is 7. The molecule has 99 heavy (non-hydrogen) atoms. The summed E-state index contributed by atoms with van der Waals surface area (Å²) in [5.74, 6) is -2.86. The molecule has 0 aliphatic carbocycles. The summed E-state index contributed by atoms with van der Waals surface area (Å²) in [6.45, 7) is -2.41. The van der Waals surface area contributed by atoms with Gasteiger partial charge in [0.1, 0.15) is 60.3 Å². The molecule has 7 unspecified atom stereocenters. The van der Waals surface area contributed by atoms with Crippen LogP contribution in [0, 0.1) is 5.92 Å². The van der Waals surface area contributed by atoms with Crippen LogP contribution in [0.15, 0.2) is 0 Å². The van der Waals surface area contributed by atoms with E-state index in [1.54, 1.807) is 0 Å². The van der Waals surface area contributed by atoms with Gasteiger partial charge >= 0.3 is 14.5 Å². The number of Topliss-reactive ketones (excluding diaryl/α,β-unsaturated/α-hetero) is 2. The van der Waals surface area contributed by atoms with E-state index in [1.165, 1.54) is 23.6 Å². The molecule has 4 heterocycles. The van der Waals surface area contributed by atoms with Gasteiger partial charge in [0.25, 0.3) is 0 Å². The topological polar surface area (TPSA) is 510 Å². The van der Waals surface area contributed by atoms with Crippen LogP contribution in [0.3, 0.4) is 0 Å². The minimum atomic E-state index is -4.78.